The van der Waals surface area contributed by atoms with Crippen molar-refractivity contribution in [1.82, 2.24) is 15.0 Å². The summed E-state index contributed by atoms with van der Waals surface area (Å²) in [6.07, 6.45) is 6.28. The van der Waals surface area contributed by atoms with E-state index in [0.717, 1.165) is 49.8 Å². The lowest BCUT2D eigenvalue weighted by Crippen LogP contribution is -2.09. The molecule has 3 N–H and O–H groups in total. The van der Waals surface area contributed by atoms with Gasteiger partial charge in [0.25, 0.3) is 0 Å². The smallest absolute Gasteiger partial charge is 0.341 e. The SMILES string of the molecule is COC(=O)c1ccc2cc1OCCCCCCCCOc1ccc(cc1)CNc1nc(O)nc(n1)N2. The predicted octanol–water partition coefficient (Wildman–Crippen LogP) is 4.83. The van der Waals surface area contributed by atoms with Crippen molar-refractivity contribution in [2.75, 3.05) is 31.0 Å². The maximum atomic E-state index is 12.2. The van der Waals surface area contributed by atoms with E-state index in [2.05, 4.69) is 25.6 Å². The van der Waals surface area contributed by atoms with Crippen molar-refractivity contribution in [3.8, 4) is 17.5 Å². The molecule has 1 aromatic heterocycles. The molecule has 0 fully saturated rings. The van der Waals surface area contributed by atoms with Crippen molar-refractivity contribution in [3.05, 3.63) is 53.6 Å². The van der Waals surface area contributed by atoms with Gasteiger partial charge in [0.05, 0.1) is 20.3 Å². The fourth-order valence-corrected chi connectivity index (χ4v) is 3.79. The number of carbonyl (C=O) groups excluding carboxylic acids is 1. The number of aromatic nitrogens is 3. The molecule has 2 aliphatic rings. The number of ether oxygens (including phenoxy) is 3. The molecular formula is C26H31N5O5. The number of anilines is 3. The predicted molar refractivity (Wildman–Crippen MR) is 135 cm³/mol. The van der Waals surface area contributed by atoms with Crippen LogP contribution in [-0.4, -0.2) is 46.4 Å². The highest BCUT2D eigenvalue weighted by Crippen LogP contribution is 2.27. The molecule has 0 saturated carbocycles. The van der Waals surface area contributed by atoms with E-state index in [-0.39, 0.29) is 11.9 Å². The van der Waals surface area contributed by atoms with Gasteiger partial charge in [0, 0.05) is 18.3 Å². The van der Waals surface area contributed by atoms with Crippen LogP contribution in [0.3, 0.4) is 0 Å². The molecule has 36 heavy (non-hydrogen) atoms. The Kier molecular flexibility index (Phi) is 8.74. The van der Waals surface area contributed by atoms with E-state index in [1.165, 1.54) is 7.11 Å². The van der Waals surface area contributed by atoms with Gasteiger partial charge in [0.15, 0.2) is 0 Å². The summed E-state index contributed by atoms with van der Waals surface area (Å²) in [6, 6.07) is 12.4. The zero-order chi connectivity index (χ0) is 25.2. The van der Waals surface area contributed by atoms with Gasteiger partial charge in [-0.15, -0.1) is 0 Å². The minimum Gasteiger partial charge on any atom is -0.494 e. The zero-order valence-corrected chi connectivity index (χ0v) is 20.3. The van der Waals surface area contributed by atoms with Gasteiger partial charge in [-0.05, 0) is 42.7 Å². The molecule has 0 saturated heterocycles. The van der Waals surface area contributed by atoms with Crippen LogP contribution in [0.2, 0.25) is 0 Å². The average Bonchev–Trinajstić information content (AvgIpc) is 2.88. The maximum Gasteiger partial charge on any atom is 0.341 e. The molecule has 10 heteroatoms. The van der Waals surface area contributed by atoms with Crippen LogP contribution >= 0.6 is 0 Å². The summed E-state index contributed by atoms with van der Waals surface area (Å²) in [4.78, 5) is 24.5. The summed E-state index contributed by atoms with van der Waals surface area (Å²) in [5, 5.41) is 16.2. The Balaban J connectivity index is 1.55. The number of rotatable bonds is 1. The van der Waals surface area contributed by atoms with E-state index in [4.69, 9.17) is 14.2 Å². The molecule has 5 rings (SSSR count). The number of fused-ring (bicyclic) bond motifs is 12. The number of esters is 1. The Morgan fingerprint density at radius 1 is 0.889 bits per heavy atom. The van der Waals surface area contributed by atoms with Crippen molar-refractivity contribution in [2.24, 2.45) is 0 Å². The van der Waals surface area contributed by atoms with Crippen LogP contribution in [0.15, 0.2) is 42.5 Å². The first kappa shape index (κ1) is 25.0. The number of methoxy groups -OCH3 is 1. The van der Waals surface area contributed by atoms with E-state index in [0.29, 0.717) is 36.8 Å². The lowest BCUT2D eigenvalue weighted by Gasteiger charge is -2.13. The highest BCUT2D eigenvalue weighted by Gasteiger charge is 2.15. The minimum absolute atomic E-state index is 0.143. The van der Waals surface area contributed by atoms with Gasteiger partial charge < -0.3 is 30.0 Å². The van der Waals surface area contributed by atoms with Crippen LogP contribution in [0.4, 0.5) is 17.6 Å². The molecule has 3 heterocycles. The van der Waals surface area contributed by atoms with Crippen molar-refractivity contribution < 1.29 is 24.1 Å². The second-order valence-corrected chi connectivity index (χ2v) is 8.43. The molecule has 6 bridgehead atoms. The lowest BCUT2D eigenvalue weighted by atomic mass is 10.1. The number of nitrogens with zero attached hydrogens (tertiary/aromatic N) is 3. The number of hydrogen-bond acceptors (Lipinski definition) is 10. The van der Waals surface area contributed by atoms with Crippen LogP contribution in [-0.2, 0) is 11.3 Å². The number of hydrogen-bond donors (Lipinski definition) is 3. The largest absolute Gasteiger partial charge is 0.494 e. The molecule has 0 atom stereocenters. The molecule has 2 aliphatic heterocycles. The summed E-state index contributed by atoms with van der Waals surface area (Å²) < 4.78 is 16.7. The number of benzene rings is 2. The average molecular weight is 494 g/mol. The number of aromatic hydroxyl groups is 1. The first-order chi connectivity index (χ1) is 17.6. The summed E-state index contributed by atoms with van der Waals surface area (Å²) in [5.41, 5.74) is 1.93. The van der Waals surface area contributed by atoms with Crippen LogP contribution in [0, 0.1) is 0 Å². The Labute approximate surface area is 210 Å². The van der Waals surface area contributed by atoms with Crippen LogP contribution < -0.4 is 20.1 Å². The second-order valence-electron chi connectivity index (χ2n) is 8.43. The van der Waals surface area contributed by atoms with Crippen LogP contribution in [0.1, 0.15) is 54.4 Å². The zero-order valence-electron chi connectivity index (χ0n) is 20.3. The highest BCUT2D eigenvalue weighted by molar-refractivity contribution is 5.93. The highest BCUT2D eigenvalue weighted by atomic mass is 16.5. The van der Waals surface area contributed by atoms with Crippen molar-refractivity contribution >= 4 is 23.6 Å². The van der Waals surface area contributed by atoms with Crippen molar-refractivity contribution in [1.29, 1.82) is 0 Å². The van der Waals surface area contributed by atoms with Gasteiger partial charge in [0.1, 0.15) is 17.1 Å². The standard InChI is InChI=1S/C26H31N5O5/c1-34-23(32)21-13-10-19-16-22(21)36-15-7-5-3-2-4-6-14-35-20-11-8-18(9-12-20)17-27-24-29-25(28-19)31-26(33)30-24/h8-13,16H,2-7,14-15,17H2,1H3,(H3,27,28,29,30,31,33). The van der Waals surface area contributed by atoms with E-state index >= 15 is 0 Å². The lowest BCUT2D eigenvalue weighted by molar-refractivity contribution is 0.0596. The first-order valence-corrected chi connectivity index (χ1v) is 12.1. The molecular weight excluding hydrogens is 462 g/mol. The second kappa shape index (κ2) is 12.6. The van der Waals surface area contributed by atoms with Crippen molar-refractivity contribution in [3.63, 3.8) is 0 Å². The van der Waals surface area contributed by atoms with Crippen molar-refractivity contribution in [2.45, 2.75) is 45.1 Å². The fraction of sp³-hybridized carbons (Fsp3) is 0.385. The monoisotopic (exact) mass is 493 g/mol. The Hall–Kier alpha value is -4.08. The Morgan fingerprint density at radius 3 is 2.33 bits per heavy atom. The fourth-order valence-electron chi connectivity index (χ4n) is 3.79. The molecule has 0 unspecified atom stereocenters. The number of nitrogens with one attached hydrogen (secondary N) is 2. The van der Waals surface area contributed by atoms with Crippen LogP contribution in [0.25, 0.3) is 0 Å². The van der Waals surface area contributed by atoms with E-state index < -0.39 is 12.0 Å². The molecule has 190 valence electrons. The molecule has 0 aliphatic carbocycles. The maximum absolute atomic E-state index is 12.2. The third-order valence-electron chi connectivity index (χ3n) is 5.71. The van der Waals surface area contributed by atoms with Gasteiger partial charge >= 0.3 is 12.0 Å². The summed E-state index contributed by atoms with van der Waals surface area (Å²) in [5.74, 6) is 1.12. The van der Waals surface area contributed by atoms with E-state index in [9.17, 15) is 9.90 Å². The van der Waals surface area contributed by atoms with Gasteiger partial charge in [-0.1, -0.05) is 37.8 Å². The molecule has 2 aromatic carbocycles. The van der Waals surface area contributed by atoms with Gasteiger partial charge in [-0.2, -0.15) is 15.0 Å². The summed E-state index contributed by atoms with van der Waals surface area (Å²) in [6.45, 7) is 1.62. The van der Waals surface area contributed by atoms with E-state index in [1.807, 2.05) is 24.3 Å². The molecule has 0 spiro atoms. The Morgan fingerprint density at radius 2 is 1.58 bits per heavy atom. The molecule has 10 nitrogen and oxygen atoms in total. The third-order valence-corrected chi connectivity index (χ3v) is 5.71. The first-order valence-electron chi connectivity index (χ1n) is 12.1. The third kappa shape index (κ3) is 7.21. The number of carbonyl (C=O) groups is 1. The van der Waals surface area contributed by atoms with Gasteiger partial charge in [-0.25, -0.2) is 4.79 Å². The van der Waals surface area contributed by atoms with Gasteiger partial charge in [-0.3, -0.25) is 0 Å². The normalized spacial score (nSPS) is 14.9. The minimum atomic E-state index is -0.478. The van der Waals surface area contributed by atoms with Gasteiger partial charge in [0.2, 0.25) is 11.9 Å². The summed E-state index contributed by atoms with van der Waals surface area (Å²) >= 11 is 0. The quantitative estimate of drug-likeness (QED) is 0.405. The molecule has 0 radical (unpaired) electrons. The van der Waals surface area contributed by atoms with Crippen LogP contribution in [0.5, 0.6) is 17.5 Å². The molecule has 3 aromatic rings. The van der Waals surface area contributed by atoms with E-state index in [1.54, 1.807) is 18.2 Å². The Bertz CT molecular complexity index is 1160. The topological polar surface area (TPSA) is 128 Å². The summed E-state index contributed by atoms with van der Waals surface area (Å²) in [7, 11) is 1.33. The molecule has 0 amide bonds.